The van der Waals surface area contributed by atoms with E-state index in [1.54, 1.807) is 0 Å². The number of anilines is 1. The lowest BCUT2D eigenvalue weighted by atomic mass is 10.2. The third-order valence-corrected chi connectivity index (χ3v) is 3.54. The molecule has 1 heterocycles. The minimum absolute atomic E-state index is 0. The zero-order chi connectivity index (χ0) is 14.4. The molecule has 0 atom stereocenters. The highest BCUT2D eigenvalue weighted by atomic mass is 35.5. The van der Waals surface area contributed by atoms with E-state index in [4.69, 9.17) is 10.1 Å². The first-order valence-electron chi connectivity index (χ1n) is 7.12. The van der Waals surface area contributed by atoms with Gasteiger partial charge in [-0.3, -0.25) is 10.3 Å². The van der Waals surface area contributed by atoms with E-state index in [-0.39, 0.29) is 43.0 Å². The van der Waals surface area contributed by atoms with E-state index in [1.807, 2.05) is 19.1 Å². The molecule has 0 aliphatic carbocycles. The summed E-state index contributed by atoms with van der Waals surface area (Å²) >= 11 is 0. The van der Waals surface area contributed by atoms with Crippen LogP contribution in [0.5, 0.6) is 0 Å². The van der Waals surface area contributed by atoms with Gasteiger partial charge in [-0.05, 0) is 31.2 Å². The number of nitrogens with one attached hydrogen (secondary N) is 1. The maximum absolute atomic E-state index is 12.9. The summed E-state index contributed by atoms with van der Waals surface area (Å²) in [5, 5.41) is 7.61. The van der Waals surface area contributed by atoms with Crippen LogP contribution in [-0.2, 0) is 4.74 Å². The van der Waals surface area contributed by atoms with Crippen molar-refractivity contribution >= 4 is 48.8 Å². The molecule has 0 saturated carbocycles. The highest BCUT2D eigenvalue weighted by Gasteiger charge is 2.17. The van der Waals surface area contributed by atoms with Crippen LogP contribution in [0.1, 0.15) is 13.3 Å². The zero-order valence-corrected chi connectivity index (χ0v) is 15.6. The number of rotatable bonds is 5. The summed E-state index contributed by atoms with van der Waals surface area (Å²) in [5.74, 6) is 0.176. The first-order chi connectivity index (χ1) is 9.69. The Kier molecular flexibility index (Phi) is 13.5. The van der Waals surface area contributed by atoms with Crippen LogP contribution in [0.3, 0.4) is 0 Å². The Bertz CT molecular complexity index is 440. The van der Waals surface area contributed by atoms with Crippen molar-refractivity contribution in [2.24, 2.45) is 0 Å². The molecule has 4 nitrogen and oxygen atoms in total. The third kappa shape index (κ3) is 8.06. The van der Waals surface area contributed by atoms with Gasteiger partial charge in [0.2, 0.25) is 0 Å². The molecule has 1 aliphatic heterocycles. The van der Waals surface area contributed by atoms with Gasteiger partial charge in [0.05, 0.1) is 6.61 Å². The number of piperazine rings is 1. The fourth-order valence-electron chi connectivity index (χ4n) is 2.39. The lowest BCUT2D eigenvalue weighted by Crippen LogP contribution is -2.46. The van der Waals surface area contributed by atoms with Gasteiger partial charge < -0.3 is 9.64 Å². The molecule has 8 heteroatoms. The number of ether oxygens (including phenoxy) is 1. The average molecular weight is 389 g/mol. The number of benzene rings is 1. The van der Waals surface area contributed by atoms with Crippen molar-refractivity contribution < 1.29 is 9.13 Å². The van der Waals surface area contributed by atoms with E-state index < -0.39 is 0 Å². The van der Waals surface area contributed by atoms with Crippen LogP contribution < -0.4 is 4.90 Å². The van der Waals surface area contributed by atoms with Gasteiger partial charge in [0.25, 0.3) is 0 Å². The average Bonchev–Trinajstić information content (AvgIpc) is 2.47. The Morgan fingerprint density at radius 3 is 2.17 bits per heavy atom. The van der Waals surface area contributed by atoms with Crippen molar-refractivity contribution in [2.45, 2.75) is 13.3 Å². The lowest BCUT2D eigenvalue weighted by Gasteiger charge is -2.36. The quantitative estimate of drug-likeness (QED) is 0.618. The van der Waals surface area contributed by atoms with Crippen molar-refractivity contribution in [1.29, 1.82) is 5.41 Å². The summed E-state index contributed by atoms with van der Waals surface area (Å²) in [5.41, 5.74) is 1.08. The maximum atomic E-state index is 12.9. The molecule has 1 aromatic rings. The molecule has 1 N–H and O–H groups in total. The van der Waals surface area contributed by atoms with Crippen LogP contribution in [0.15, 0.2) is 24.3 Å². The summed E-state index contributed by atoms with van der Waals surface area (Å²) in [7, 11) is 0. The van der Waals surface area contributed by atoms with Gasteiger partial charge in [0, 0.05) is 44.8 Å². The summed E-state index contributed by atoms with van der Waals surface area (Å²) in [6.07, 6.45) is 0.671. The second kappa shape index (κ2) is 12.6. The van der Waals surface area contributed by atoms with E-state index in [9.17, 15) is 4.39 Å². The van der Waals surface area contributed by atoms with Crippen molar-refractivity contribution in [3.05, 3.63) is 30.1 Å². The van der Waals surface area contributed by atoms with Gasteiger partial charge in [-0.2, -0.15) is 0 Å². The Hall–Kier alpha value is -0.750. The molecule has 0 spiro atoms. The molecular formula is C15H25Cl3FN3O. The predicted molar refractivity (Wildman–Crippen MR) is 101 cm³/mol. The maximum Gasteiger partial charge on any atom is 0.181 e. The Morgan fingerprint density at radius 2 is 1.65 bits per heavy atom. The van der Waals surface area contributed by atoms with E-state index in [0.717, 1.165) is 38.4 Å². The van der Waals surface area contributed by atoms with Crippen LogP contribution in [-0.4, -0.2) is 50.1 Å². The highest BCUT2D eigenvalue weighted by Crippen LogP contribution is 2.16. The van der Waals surface area contributed by atoms with E-state index in [1.165, 1.54) is 12.1 Å². The van der Waals surface area contributed by atoms with E-state index in [2.05, 4.69) is 9.80 Å². The fraction of sp³-hybridized carbons (Fsp3) is 0.533. The molecule has 2 rings (SSSR count). The van der Waals surface area contributed by atoms with E-state index >= 15 is 0 Å². The first kappa shape index (κ1) is 24.5. The van der Waals surface area contributed by atoms with Crippen LogP contribution in [0.25, 0.3) is 0 Å². The molecule has 1 aromatic carbocycles. The standard InChI is InChI=1S/C15H22FN3O.3ClH/c1-2-20-15(17)7-8-18-9-11-19(12-10-18)14-5-3-13(16)4-6-14;;;/h3-6,17H,2,7-12H2,1H3;3*1H. The van der Waals surface area contributed by atoms with Gasteiger partial charge >= 0.3 is 0 Å². The van der Waals surface area contributed by atoms with Gasteiger partial charge in [-0.1, -0.05) is 0 Å². The summed E-state index contributed by atoms with van der Waals surface area (Å²) < 4.78 is 18.0. The van der Waals surface area contributed by atoms with Crippen molar-refractivity contribution in [2.75, 3.05) is 44.2 Å². The zero-order valence-electron chi connectivity index (χ0n) is 13.2. The normalized spacial score (nSPS) is 14.1. The molecule has 23 heavy (non-hydrogen) atoms. The number of nitrogens with zero attached hydrogens (tertiary/aromatic N) is 2. The Balaban J connectivity index is 0. The second-order valence-corrected chi connectivity index (χ2v) is 4.91. The molecule has 0 bridgehead atoms. The summed E-state index contributed by atoms with van der Waals surface area (Å²) in [6.45, 7) is 7.15. The molecule has 0 unspecified atom stereocenters. The number of halogens is 4. The minimum Gasteiger partial charge on any atom is -0.481 e. The molecule has 0 aromatic heterocycles. The smallest absolute Gasteiger partial charge is 0.181 e. The van der Waals surface area contributed by atoms with Crippen molar-refractivity contribution in [3.8, 4) is 0 Å². The SMILES string of the molecule is CCOC(=N)CCN1CCN(c2ccc(F)cc2)CC1.Cl.Cl.Cl. The number of hydrogen-bond donors (Lipinski definition) is 1. The minimum atomic E-state index is -0.193. The van der Waals surface area contributed by atoms with Gasteiger partial charge in [-0.15, -0.1) is 37.2 Å². The molecular weight excluding hydrogens is 364 g/mol. The molecule has 0 radical (unpaired) electrons. The van der Waals surface area contributed by atoms with Gasteiger partial charge in [-0.25, -0.2) is 4.39 Å². The van der Waals surface area contributed by atoms with Crippen LogP contribution in [0.4, 0.5) is 10.1 Å². The topological polar surface area (TPSA) is 39.6 Å². The van der Waals surface area contributed by atoms with E-state index in [0.29, 0.717) is 18.9 Å². The van der Waals surface area contributed by atoms with Crippen molar-refractivity contribution in [1.82, 2.24) is 4.90 Å². The lowest BCUT2D eigenvalue weighted by molar-refractivity contribution is 0.250. The van der Waals surface area contributed by atoms with Gasteiger partial charge in [0.1, 0.15) is 5.82 Å². The molecule has 134 valence electrons. The van der Waals surface area contributed by atoms with Crippen LogP contribution in [0, 0.1) is 11.2 Å². The second-order valence-electron chi connectivity index (χ2n) is 4.91. The molecule has 1 aliphatic rings. The van der Waals surface area contributed by atoms with Crippen LogP contribution >= 0.6 is 37.2 Å². The predicted octanol–water partition coefficient (Wildman–Crippen LogP) is 3.62. The number of hydrogen-bond acceptors (Lipinski definition) is 4. The molecule has 0 amide bonds. The fourth-order valence-corrected chi connectivity index (χ4v) is 2.39. The first-order valence-corrected chi connectivity index (χ1v) is 7.12. The molecule has 1 saturated heterocycles. The third-order valence-electron chi connectivity index (χ3n) is 3.54. The largest absolute Gasteiger partial charge is 0.481 e. The Morgan fingerprint density at radius 1 is 1.09 bits per heavy atom. The monoisotopic (exact) mass is 387 g/mol. The Labute approximate surface area is 156 Å². The van der Waals surface area contributed by atoms with Crippen LogP contribution in [0.2, 0.25) is 0 Å². The molecule has 1 fully saturated rings. The summed E-state index contributed by atoms with van der Waals surface area (Å²) in [4.78, 5) is 4.61. The van der Waals surface area contributed by atoms with Crippen molar-refractivity contribution in [3.63, 3.8) is 0 Å². The van der Waals surface area contributed by atoms with Gasteiger partial charge in [0.15, 0.2) is 5.90 Å². The highest BCUT2D eigenvalue weighted by molar-refractivity contribution is 5.86. The summed E-state index contributed by atoms with van der Waals surface area (Å²) in [6, 6.07) is 6.67.